The van der Waals surface area contributed by atoms with Crippen molar-refractivity contribution in [3.05, 3.63) is 0 Å². The number of nitrogens with zero attached hydrogens (tertiary/aromatic N) is 4. The normalized spacial score (nSPS) is 22.5. The van der Waals surface area contributed by atoms with Gasteiger partial charge in [-0.1, -0.05) is 0 Å². The minimum Gasteiger partial charge on any atom is -0.468 e. The molecule has 2 rings (SSSR count). The second-order valence-corrected chi connectivity index (χ2v) is 7.00. The van der Waals surface area contributed by atoms with E-state index in [2.05, 4.69) is 33.6 Å². The van der Waals surface area contributed by atoms with Gasteiger partial charge in [0.25, 0.3) is 0 Å². The van der Waals surface area contributed by atoms with Crippen molar-refractivity contribution in [3.8, 4) is 0 Å². The Bertz CT molecular complexity index is 432. The molecule has 1 atom stereocenters. The number of hydrogen-bond donors (Lipinski definition) is 0. The van der Waals surface area contributed by atoms with Crippen LogP contribution in [0.1, 0.15) is 6.92 Å². The maximum atomic E-state index is 12.0. The van der Waals surface area contributed by atoms with Crippen molar-refractivity contribution in [3.63, 3.8) is 0 Å². The highest BCUT2D eigenvalue weighted by Crippen LogP contribution is 2.07. The summed E-state index contributed by atoms with van der Waals surface area (Å²) in [5.74, 6) is -0.333. The number of ether oxygens (including phenoxy) is 2. The molecule has 0 aromatic heterocycles. The molecule has 8 heteroatoms. The van der Waals surface area contributed by atoms with Crippen LogP contribution in [0.4, 0.5) is 0 Å². The van der Waals surface area contributed by atoms with Crippen LogP contribution >= 0.6 is 0 Å². The second-order valence-electron chi connectivity index (χ2n) is 7.00. The molecule has 2 heterocycles. The van der Waals surface area contributed by atoms with E-state index in [9.17, 15) is 9.59 Å². The van der Waals surface area contributed by atoms with Gasteiger partial charge in [-0.15, -0.1) is 0 Å². The zero-order valence-electron chi connectivity index (χ0n) is 15.8. The van der Waals surface area contributed by atoms with E-state index in [0.29, 0.717) is 19.7 Å². The molecule has 0 aromatic carbocycles. The summed E-state index contributed by atoms with van der Waals surface area (Å²) in [5.41, 5.74) is 0. The first-order chi connectivity index (χ1) is 12.0. The van der Waals surface area contributed by atoms with Crippen LogP contribution in [-0.2, 0) is 19.1 Å². The zero-order valence-corrected chi connectivity index (χ0v) is 15.8. The van der Waals surface area contributed by atoms with Crippen molar-refractivity contribution in [1.29, 1.82) is 0 Å². The van der Waals surface area contributed by atoms with Gasteiger partial charge in [-0.05, 0) is 14.0 Å². The summed E-state index contributed by atoms with van der Waals surface area (Å²) >= 11 is 0. The number of piperazine rings is 2. The molecule has 144 valence electrons. The van der Waals surface area contributed by atoms with Crippen LogP contribution in [0.2, 0.25) is 0 Å². The zero-order chi connectivity index (χ0) is 18.2. The summed E-state index contributed by atoms with van der Waals surface area (Å²) in [5, 5.41) is 0. The molecule has 0 radical (unpaired) electrons. The molecule has 0 spiro atoms. The molecule has 2 saturated heterocycles. The van der Waals surface area contributed by atoms with Crippen LogP contribution in [0.15, 0.2) is 0 Å². The highest BCUT2D eigenvalue weighted by atomic mass is 16.5. The topological polar surface area (TPSA) is 65.6 Å². The maximum absolute atomic E-state index is 12.0. The fraction of sp³-hybridized carbons (Fsp3) is 0.882. The lowest BCUT2D eigenvalue weighted by Crippen LogP contribution is -2.52. The van der Waals surface area contributed by atoms with Crippen molar-refractivity contribution in [2.24, 2.45) is 0 Å². The van der Waals surface area contributed by atoms with Gasteiger partial charge in [-0.25, -0.2) is 0 Å². The predicted molar refractivity (Wildman–Crippen MR) is 94.4 cm³/mol. The SMILES string of the molecule is COC(=O)CN1CCN(C(C)COC(=O)CN2CCN(C)CC2)CC1. The number of methoxy groups -OCH3 is 1. The lowest BCUT2D eigenvalue weighted by Gasteiger charge is -2.37. The van der Waals surface area contributed by atoms with Gasteiger partial charge in [-0.2, -0.15) is 0 Å². The third-order valence-electron chi connectivity index (χ3n) is 5.04. The molecule has 2 aliphatic heterocycles. The average Bonchev–Trinajstić information content (AvgIpc) is 2.62. The summed E-state index contributed by atoms with van der Waals surface area (Å²) < 4.78 is 10.2. The standard InChI is InChI=1S/C17H32N4O4/c1-15(21-10-8-20(9-11-21)12-16(22)24-3)14-25-17(23)13-19-6-4-18(2)5-7-19/h15H,4-14H2,1-3H3. The number of esters is 2. The van der Waals surface area contributed by atoms with Crippen molar-refractivity contribution < 1.29 is 19.1 Å². The number of carbonyl (C=O) groups is 2. The third kappa shape index (κ3) is 6.89. The molecule has 0 aliphatic carbocycles. The smallest absolute Gasteiger partial charge is 0.320 e. The summed E-state index contributed by atoms with van der Waals surface area (Å²) in [4.78, 5) is 32.2. The van der Waals surface area contributed by atoms with Crippen LogP contribution in [0.25, 0.3) is 0 Å². The first-order valence-electron chi connectivity index (χ1n) is 9.07. The highest BCUT2D eigenvalue weighted by Gasteiger charge is 2.24. The van der Waals surface area contributed by atoms with E-state index >= 15 is 0 Å². The molecular formula is C17H32N4O4. The van der Waals surface area contributed by atoms with E-state index < -0.39 is 0 Å². The Balaban J connectivity index is 1.61. The fourth-order valence-corrected chi connectivity index (χ4v) is 3.16. The highest BCUT2D eigenvalue weighted by molar-refractivity contribution is 5.72. The van der Waals surface area contributed by atoms with Gasteiger partial charge in [0.2, 0.25) is 0 Å². The second kappa shape index (κ2) is 10.1. The van der Waals surface area contributed by atoms with Gasteiger partial charge in [0.05, 0.1) is 20.2 Å². The molecule has 0 N–H and O–H groups in total. The maximum Gasteiger partial charge on any atom is 0.320 e. The summed E-state index contributed by atoms with van der Waals surface area (Å²) in [6.45, 7) is 10.5. The number of carbonyl (C=O) groups excluding carboxylic acids is 2. The molecule has 0 aromatic rings. The Labute approximate surface area is 150 Å². The van der Waals surface area contributed by atoms with Gasteiger partial charge in [0.1, 0.15) is 6.61 Å². The van der Waals surface area contributed by atoms with E-state index in [4.69, 9.17) is 9.47 Å². The average molecular weight is 356 g/mol. The lowest BCUT2D eigenvalue weighted by molar-refractivity contribution is -0.148. The molecule has 25 heavy (non-hydrogen) atoms. The van der Waals surface area contributed by atoms with Crippen LogP contribution in [0.3, 0.4) is 0 Å². The molecule has 0 bridgehead atoms. The minimum absolute atomic E-state index is 0.138. The molecule has 0 amide bonds. The first kappa shape index (κ1) is 20.1. The molecule has 2 aliphatic rings. The van der Waals surface area contributed by atoms with E-state index in [1.807, 2.05) is 0 Å². The lowest BCUT2D eigenvalue weighted by atomic mass is 10.2. The number of likely N-dealkylation sites (N-methyl/N-ethyl adjacent to an activating group) is 1. The van der Waals surface area contributed by atoms with E-state index in [1.165, 1.54) is 7.11 Å². The number of rotatable bonds is 7. The van der Waals surface area contributed by atoms with E-state index in [-0.39, 0.29) is 18.0 Å². The first-order valence-corrected chi connectivity index (χ1v) is 9.07. The fourth-order valence-electron chi connectivity index (χ4n) is 3.16. The Morgan fingerprint density at radius 3 is 1.96 bits per heavy atom. The quantitative estimate of drug-likeness (QED) is 0.536. The predicted octanol–water partition coefficient (Wildman–Crippen LogP) is -1.04. The Hall–Kier alpha value is -1.22. The van der Waals surface area contributed by atoms with Gasteiger partial charge in [0, 0.05) is 58.4 Å². The van der Waals surface area contributed by atoms with Gasteiger partial charge in [-0.3, -0.25) is 24.3 Å². The van der Waals surface area contributed by atoms with Crippen molar-refractivity contribution in [2.45, 2.75) is 13.0 Å². The number of hydrogen-bond acceptors (Lipinski definition) is 8. The Morgan fingerprint density at radius 2 is 1.40 bits per heavy atom. The minimum atomic E-state index is -0.195. The van der Waals surface area contributed by atoms with Crippen LogP contribution in [0, 0.1) is 0 Å². The molecule has 8 nitrogen and oxygen atoms in total. The van der Waals surface area contributed by atoms with Gasteiger partial charge < -0.3 is 14.4 Å². The van der Waals surface area contributed by atoms with Gasteiger partial charge in [0.15, 0.2) is 0 Å². The Morgan fingerprint density at radius 1 is 0.880 bits per heavy atom. The third-order valence-corrected chi connectivity index (χ3v) is 5.04. The molecular weight excluding hydrogens is 324 g/mol. The monoisotopic (exact) mass is 356 g/mol. The van der Waals surface area contributed by atoms with Crippen LogP contribution < -0.4 is 0 Å². The van der Waals surface area contributed by atoms with Crippen molar-refractivity contribution in [2.75, 3.05) is 86.2 Å². The molecule has 0 saturated carbocycles. The molecule has 2 fully saturated rings. The van der Waals surface area contributed by atoms with Crippen molar-refractivity contribution in [1.82, 2.24) is 19.6 Å². The van der Waals surface area contributed by atoms with Crippen LogP contribution in [0.5, 0.6) is 0 Å². The van der Waals surface area contributed by atoms with E-state index in [1.54, 1.807) is 0 Å². The Kier molecular flexibility index (Phi) is 8.08. The largest absolute Gasteiger partial charge is 0.468 e. The molecule has 1 unspecified atom stereocenters. The van der Waals surface area contributed by atoms with Gasteiger partial charge >= 0.3 is 11.9 Å². The summed E-state index contributed by atoms with van der Waals surface area (Å²) in [7, 11) is 3.51. The summed E-state index contributed by atoms with van der Waals surface area (Å²) in [6, 6.07) is 0.191. The van der Waals surface area contributed by atoms with Crippen molar-refractivity contribution >= 4 is 11.9 Å². The van der Waals surface area contributed by atoms with Crippen LogP contribution in [-0.4, -0.2) is 124 Å². The summed E-state index contributed by atoms with van der Waals surface area (Å²) in [6.07, 6.45) is 0. The van der Waals surface area contributed by atoms with E-state index in [0.717, 1.165) is 52.4 Å².